The molecule has 3 atom stereocenters. The van der Waals surface area contributed by atoms with Gasteiger partial charge in [0.1, 0.15) is 6.10 Å². The van der Waals surface area contributed by atoms with Gasteiger partial charge in [-0.3, -0.25) is 9.69 Å². The van der Waals surface area contributed by atoms with Gasteiger partial charge >= 0.3 is 0 Å². The lowest BCUT2D eigenvalue weighted by atomic mass is 9.69. The van der Waals surface area contributed by atoms with Gasteiger partial charge < -0.3 is 24.2 Å². The fourth-order valence-electron chi connectivity index (χ4n) is 5.20. The third-order valence-corrected chi connectivity index (χ3v) is 6.77. The Balaban J connectivity index is 1.47. The van der Waals surface area contributed by atoms with E-state index in [1.54, 1.807) is 7.11 Å². The van der Waals surface area contributed by atoms with Crippen LogP contribution in [0, 0.1) is 0 Å². The summed E-state index contributed by atoms with van der Waals surface area (Å²) in [6, 6.07) is 3.99. The molecule has 1 spiro atoms. The molecule has 0 aromatic heterocycles. The first-order chi connectivity index (χ1) is 14.1. The van der Waals surface area contributed by atoms with E-state index in [1.807, 2.05) is 17.0 Å². The Morgan fingerprint density at radius 1 is 1.31 bits per heavy atom. The highest BCUT2D eigenvalue weighted by atomic mass is 16.5. The van der Waals surface area contributed by atoms with Crippen LogP contribution in [0.2, 0.25) is 0 Å². The van der Waals surface area contributed by atoms with E-state index in [-0.39, 0.29) is 17.4 Å². The average molecular weight is 400 g/mol. The molecule has 1 fully saturated rings. The number of carbonyl (C=O) groups excluding carboxylic acids is 1. The molecule has 3 aliphatic heterocycles. The number of aliphatic hydroxyl groups excluding tert-OH is 1. The van der Waals surface area contributed by atoms with E-state index in [9.17, 15) is 9.90 Å². The summed E-state index contributed by atoms with van der Waals surface area (Å²) in [5, 5.41) is 10.2. The first-order valence-electron chi connectivity index (χ1n) is 10.4. The second kappa shape index (κ2) is 7.31. The molecule has 0 radical (unpaired) electrons. The van der Waals surface area contributed by atoms with Crippen molar-refractivity contribution < 1.29 is 24.1 Å². The molecule has 1 aromatic carbocycles. The number of methoxy groups -OCH3 is 1. The summed E-state index contributed by atoms with van der Waals surface area (Å²) in [5.41, 5.74) is 1.93. The molecule has 4 aliphatic rings. The van der Waals surface area contributed by atoms with E-state index in [1.165, 1.54) is 0 Å². The predicted molar refractivity (Wildman–Crippen MR) is 106 cm³/mol. The lowest BCUT2D eigenvalue weighted by Crippen LogP contribution is -2.46. The largest absolute Gasteiger partial charge is 0.493 e. The number of rotatable bonds is 3. The maximum Gasteiger partial charge on any atom is 0.237 e. The van der Waals surface area contributed by atoms with Crippen molar-refractivity contribution in [2.24, 2.45) is 0 Å². The highest BCUT2D eigenvalue weighted by molar-refractivity contribution is 5.79. The van der Waals surface area contributed by atoms with Crippen LogP contribution in [0.5, 0.6) is 11.5 Å². The maximum absolute atomic E-state index is 13.1. The number of carbonyl (C=O) groups is 1. The first kappa shape index (κ1) is 18.9. The summed E-state index contributed by atoms with van der Waals surface area (Å²) in [4.78, 5) is 17.2. The smallest absolute Gasteiger partial charge is 0.237 e. The van der Waals surface area contributed by atoms with Crippen LogP contribution in [0.25, 0.3) is 0 Å². The van der Waals surface area contributed by atoms with Crippen LogP contribution in [0.4, 0.5) is 0 Å². The lowest BCUT2D eigenvalue weighted by Gasteiger charge is -2.36. The Labute approximate surface area is 170 Å². The number of hydrogen-bond donors (Lipinski definition) is 1. The second-order valence-corrected chi connectivity index (χ2v) is 8.39. The average Bonchev–Trinajstić information content (AvgIpc) is 2.96. The first-order valence-corrected chi connectivity index (χ1v) is 10.4. The highest BCUT2D eigenvalue weighted by Crippen LogP contribution is 2.55. The Kier molecular flexibility index (Phi) is 4.76. The third-order valence-electron chi connectivity index (χ3n) is 6.77. The maximum atomic E-state index is 13.1. The SMILES string of the molecule is COc1ccc2c3c1O[C@H]1CC(O)C=C[C@@]31CCN(C(=O)CN1CCOCC1)C2. The minimum absolute atomic E-state index is 0.137. The van der Waals surface area contributed by atoms with E-state index in [0.29, 0.717) is 45.0 Å². The van der Waals surface area contributed by atoms with E-state index in [4.69, 9.17) is 14.2 Å². The lowest BCUT2D eigenvalue weighted by molar-refractivity contribution is -0.134. The van der Waals surface area contributed by atoms with Crippen molar-refractivity contribution in [1.29, 1.82) is 0 Å². The van der Waals surface area contributed by atoms with Gasteiger partial charge in [0.25, 0.3) is 0 Å². The number of ether oxygens (including phenoxy) is 3. The van der Waals surface area contributed by atoms with Gasteiger partial charge in [0, 0.05) is 38.2 Å². The zero-order chi connectivity index (χ0) is 20.0. The van der Waals surface area contributed by atoms with Gasteiger partial charge in [-0.15, -0.1) is 0 Å². The van der Waals surface area contributed by atoms with Crippen LogP contribution >= 0.6 is 0 Å². The molecule has 5 rings (SSSR count). The van der Waals surface area contributed by atoms with Crippen molar-refractivity contribution >= 4 is 5.91 Å². The molecule has 1 N–H and O–H groups in total. The Hall–Kier alpha value is -2.09. The topological polar surface area (TPSA) is 71.5 Å². The number of nitrogens with zero attached hydrogens (tertiary/aromatic N) is 2. The van der Waals surface area contributed by atoms with E-state index < -0.39 is 6.10 Å². The van der Waals surface area contributed by atoms with Crippen molar-refractivity contribution in [3.05, 3.63) is 35.4 Å². The van der Waals surface area contributed by atoms with Gasteiger partial charge in [0.15, 0.2) is 11.5 Å². The van der Waals surface area contributed by atoms with Crippen molar-refractivity contribution in [2.75, 3.05) is 46.5 Å². The summed E-state index contributed by atoms with van der Waals surface area (Å²) in [5.74, 6) is 1.65. The predicted octanol–water partition coefficient (Wildman–Crippen LogP) is 1.08. The van der Waals surface area contributed by atoms with Crippen molar-refractivity contribution in [1.82, 2.24) is 9.80 Å². The number of amides is 1. The summed E-state index contributed by atoms with van der Waals surface area (Å²) < 4.78 is 17.3. The van der Waals surface area contributed by atoms with Gasteiger partial charge in [0.2, 0.25) is 5.91 Å². The standard InChI is InChI=1S/C22H28N2O5/c1-27-17-3-2-15-13-24(19(26)14-23-8-10-28-11-9-23)7-6-22-5-4-16(25)12-18(22)29-21(17)20(15)22/h2-5,16,18,25H,6-14H2,1H3/t16?,18-,22-/m0/s1. The van der Waals surface area contributed by atoms with E-state index >= 15 is 0 Å². The van der Waals surface area contributed by atoms with E-state index in [0.717, 1.165) is 36.4 Å². The van der Waals surface area contributed by atoms with Crippen LogP contribution in [0.15, 0.2) is 24.3 Å². The molecular formula is C22H28N2O5. The Bertz CT molecular complexity index is 835. The fourth-order valence-corrected chi connectivity index (χ4v) is 5.20. The molecule has 0 saturated carbocycles. The summed E-state index contributed by atoms with van der Waals surface area (Å²) >= 11 is 0. The monoisotopic (exact) mass is 400 g/mol. The number of hydrogen-bond acceptors (Lipinski definition) is 6. The molecule has 1 aliphatic carbocycles. The number of benzene rings is 1. The fraction of sp³-hybridized carbons (Fsp3) is 0.591. The Morgan fingerprint density at radius 3 is 2.93 bits per heavy atom. The normalized spacial score (nSPS) is 30.9. The van der Waals surface area contributed by atoms with Crippen LogP contribution in [0.1, 0.15) is 24.0 Å². The zero-order valence-corrected chi connectivity index (χ0v) is 16.8. The van der Waals surface area contributed by atoms with Gasteiger partial charge in [-0.25, -0.2) is 0 Å². The van der Waals surface area contributed by atoms with Crippen LogP contribution in [0.3, 0.4) is 0 Å². The minimum Gasteiger partial charge on any atom is -0.493 e. The van der Waals surface area contributed by atoms with Crippen molar-refractivity contribution in [3.63, 3.8) is 0 Å². The molecule has 1 aromatic rings. The van der Waals surface area contributed by atoms with Crippen LogP contribution < -0.4 is 9.47 Å². The van der Waals surface area contributed by atoms with Gasteiger partial charge in [-0.2, -0.15) is 0 Å². The third kappa shape index (κ3) is 3.12. The second-order valence-electron chi connectivity index (χ2n) is 8.39. The molecule has 1 unspecified atom stereocenters. The Morgan fingerprint density at radius 2 is 2.14 bits per heavy atom. The molecule has 1 amide bonds. The molecule has 29 heavy (non-hydrogen) atoms. The highest BCUT2D eigenvalue weighted by Gasteiger charge is 2.53. The molecule has 7 nitrogen and oxygen atoms in total. The van der Waals surface area contributed by atoms with Crippen LogP contribution in [-0.4, -0.2) is 79.5 Å². The number of morpholine rings is 1. The van der Waals surface area contributed by atoms with Gasteiger partial charge in [-0.05, 0) is 18.1 Å². The molecular weight excluding hydrogens is 372 g/mol. The zero-order valence-electron chi connectivity index (χ0n) is 16.8. The molecule has 1 saturated heterocycles. The minimum atomic E-state index is -0.503. The molecule has 0 bridgehead atoms. The quantitative estimate of drug-likeness (QED) is 0.766. The van der Waals surface area contributed by atoms with Crippen LogP contribution in [-0.2, 0) is 21.5 Å². The van der Waals surface area contributed by atoms with Gasteiger partial charge in [-0.1, -0.05) is 18.2 Å². The summed E-state index contributed by atoms with van der Waals surface area (Å²) in [6.07, 6.45) is 4.68. The van der Waals surface area contributed by atoms with E-state index in [2.05, 4.69) is 17.0 Å². The van der Waals surface area contributed by atoms with Crippen molar-refractivity contribution in [2.45, 2.75) is 37.0 Å². The summed E-state index contributed by atoms with van der Waals surface area (Å²) in [6.45, 7) is 4.66. The van der Waals surface area contributed by atoms with Gasteiger partial charge in [0.05, 0.1) is 38.4 Å². The molecule has 7 heteroatoms. The summed E-state index contributed by atoms with van der Waals surface area (Å²) in [7, 11) is 1.65. The molecule has 3 heterocycles. The molecule has 156 valence electrons. The number of aliphatic hydroxyl groups is 1. The van der Waals surface area contributed by atoms with Crippen molar-refractivity contribution in [3.8, 4) is 11.5 Å².